The Morgan fingerprint density at radius 2 is 2.14 bits per heavy atom. The van der Waals surface area contributed by atoms with Crippen LogP contribution in [0.15, 0.2) is 18.2 Å². The highest BCUT2D eigenvalue weighted by Crippen LogP contribution is 2.14. The van der Waals surface area contributed by atoms with Gasteiger partial charge in [-0.2, -0.15) is 0 Å². The lowest BCUT2D eigenvalue weighted by atomic mass is 10.0. The number of carboxylic acid groups (broad SMARTS) is 1. The van der Waals surface area contributed by atoms with Crippen molar-refractivity contribution in [3.8, 4) is 0 Å². The third-order valence-corrected chi connectivity index (χ3v) is 3.80. The van der Waals surface area contributed by atoms with Gasteiger partial charge in [-0.05, 0) is 31.4 Å². The summed E-state index contributed by atoms with van der Waals surface area (Å²) >= 11 is 0. The van der Waals surface area contributed by atoms with Crippen LogP contribution in [0.4, 0.5) is 0 Å². The molecule has 1 fully saturated rings. The number of hydrogen-bond acceptors (Lipinski definition) is 3. The zero-order valence-corrected chi connectivity index (χ0v) is 12.5. The molecule has 1 heterocycles. The summed E-state index contributed by atoms with van der Waals surface area (Å²) in [5.41, 5.74) is 3.56. The van der Waals surface area contributed by atoms with Crippen molar-refractivity contribution in [1.29, 1.82) is 0 Å². The van der Waals surface area contributed by atoms with Crippen molar-refractivity contribution >= 4 is 11.9 Å². The van der Waals surface area contributed by atoms with E-state index in [1.165, 1.54) is 11.1 Å². The van der Waals surface area contributed by atoms with E-state index >= 15 is 0 Å². The summed E-state index contributed by atoms with van der Waals surface area (Å²) in [5, 5.41) is 8.95. The van der Waals surface area contributed by atoms with Crippen LogP contribution in [0.25, 0.3) is 0 Å². The van der Waals surface area contributed by atoms with E-state index in [0.717, 1.165) is 5.56 Å². The molecular formula is C16H21NO4. The highest BCUT2D eigenvalue weighted by atomic mass is 16.5. The number of carboxylic acids is 1. The maximum Gasteiger partial charge on any atom is 0.334 e. The Morgan fingerprint density at radius 3 is 2.81 bits per heavy atom. The van der Waals surface area contributed by atoms with Crippen LogP contribution in [0.1, 0.15) is 23.1 Å². The molecule has 114 valence electrons. The van der Waals surface area contributed by atoms with Gasteiger partial charge < -0.3 is 14.7 Å². The molecule has 1 unspecified atom stereocenters. The predicted octanol–water partition coefficient (Wildman–Crippen LogP) is 1.55. The van der Waals surface area contributed by atoms with E-state index in [-0.39, 0.29) is 19.1 Å². The topological polar surface area (TPSA) is 66.8 Å². The number of ether oxygens (including phenoxy) is 1. The van der Waals surface area contributed by atoms with E-state index in [1.807, 2.05) is 19.9 Å². The van der Waals surface area contributed by atoms with E-state index < -0.39 is 12.1 Å². The molecule has 1 atom stereocenters. The minimum Gasteiger partial charge on any atom is -0.479 e. The molecule has 0 bridgehead atoms. The van der Waals surface area contributed by atoms with Crippen molar-refractivity contribution in [3.63, 3.8) is 0 Å². The second-order valence-electron chi connectivity index (χ2n) is 5.47. The molecule has 1 aromatic carbocycles. The number of amides is 1. The van der Waals surface area contributed by atoms with Gasteiger partial charge in [0.15, 0.2) is 6.10 Å². The number of benzene rings is 1. The molecule has 0 radical (unpaired) electrons. The largest absolute Gasteiger partial charge is 0.479 e. The number of carbonyl (C=O) groups is 2. The Bertz CT molecular complexity index is 541. The quantitative estimate of drug-likeness (QED) is 0.914. The third-order valence-electron chi connectivity index (χ3n) is 3.80. The zero-order valence-electron chi connectivity index (χ0n) is 12.5. The van der Waals surface area contributed by atoms with E-state index in [2.05, 4.69) is 12.1 Å². The van der Waals surface area contributed by atoms with Crippen molar-refractivity contribution in [3.05, 3.63) is 34.9 Å². The maximum absolute atomic E-state index is 12.2. The molecule has 5 heteroatoms. The summed E-state index contributed by atoms with van der Waals surface area (Å²) in [6, 6.07) is 6.20. The van der Waals surface area contributed by atoms with Crippen LogP contribution in [0.3, 0.4) is 0 Å². The van der Waals surface area contributed by atoms with Gasteiger partial charge in [0.05, 0.1) is 13.2 Å². The lowest BCUT2D eigenvalue weighted by molar-refractivity contribution is -0.159. The first kappa shape index (κ1) is 15.5. The third kappa shape index (κ3) is 4.04. The maximum atomic E-state index is 12.2. The molecule has 1 aliphatic rings. The molecule has 1 aliphatic heterocycles. The second-order valence-corrected chi connectivity index (χ2v) is 5.47. The minimum atomic E-state index is -1.01. The number of carbonyl (C=O) groups excluding carboxylic acids is 1. The molecule has 5 nitrogen and oxygen atoms in total. The summed E-state index contributed by atoms with van der Waals surface area (Å²) < 4.78 is 5.12. The molecule has 0 aliphatic carbocycles. The Kier molecular flexibility index (Phi) is 4.96. The summed E-state index contributed by atoms with van der Waals surface area (Å²) in [4.78, 5) is 24.7. The first-order chi connectivity index (χ1) is 9.97. The first-order valence-corrected chi connectivity index (χ1v) is 7.15. The number of aryl methyl sites for hydroxylation is 3. The van der Waals surface area contributed by atoms with E-state index in [4.69, 9.17) is 9.84 Å². The predicted molar refractivity (Wildman–Crippen MR) is 78.2 cm³/mol. The number of hydrogen-bond donors (Lipinski definition) is 1. The molecule has 1 amide bonds. The number of rotatable bonds is 4. The molecule has 1 N–H and O–H groups in total. The van der Waals surface area contributed by atoms with Crippen molar-refractivity contribution in [2.24, 2.45) is 0 Å². The Balaban J connectivity index is 1.90. The highest BCUT2D eigenvalue weighted by Gasteiger charge is 2.28. The standard InChI is InChI=1S/C16H21NO4/c1-11-3-4-13(12(2)9-11)5-6-15(18)17-7-8-21-14(10-17)16(19)20/h3-4,9,14H,5-8,10H2,1-2H3,(H,19,20). The fraction of sp³-hybridized carbons (Fsp3) is 0.500. The molecule has 0 saturated carbocycles. The first-order valence-electron chi connectivity index (χ1n) is 7.15. The number of morpholine rings is 1. The Labute approximate surface area is 124 Å². The minimum absolute atomic E-state index is 0.00970. The van der Waals surface area contributed by atoms with Gasteiger partial charge in [-0.15, -0.1) is 0 Å². The van der Waals surface area contributed by atoms with Crippen LogP contribution >= 0.6 is 0 Å². The fourth-order valence-corrected chi connectivity index (χ4v) is 2.55. The van der Waals surface area contributed by atoms with Crippen molar-refractivity contribution < 1.29 is 19.4 Å². The van der Waals surface area contributed by atoms with Crippen LogP contribution in [-0.2, 0) is 20.7 Å². The van der Waals surface area contributed by atoms with Gasteiger partial charge in [0.1, 0.15) is 0 Å². The van der Waals surface area contributed by atoms with E-state index in [9.17, 15) is 9.59 Å². The summed E-state index contributed by atoms with van der Waals surface area (Å²) in [5.74, 6) is -1.02. The molecule has 21 heavy (non-hydrogen) atoms. The molecule has 0 spiro atoms. The normalized spacial score (nSPS) is 18.6. The van der Waals surface area contributed by atoms with Gasteiger partial charge in [-0.25, -0.2) is 4.79 Å². The van der Waals surface area contributed by atoms with Crippen molar-refractivity contribution in [2.75, 3.05) is 19.7 Å². The lowest BCUT2D eigenvalue weighted by Crippen LogP contribution is -2.48. The Morgan fingerprint density at radius 1 is 1.38 bits per heavy atom. The zero-order chi connectivity index (χ0) is 15.4. The van der Waals surface area contributed by atoms with Crippen LogP contribution in [0.5, 0.6) is 0 Å². The van der Waals surface area contributed by atoms with Crippen LogP contribution in [0, 0.1) is 13.8 Å². The Hall–Kier alpha value is -1.88. The fourth-order valence-electron chi connectivity index (χ4n) is 2.55. The molecule has 2 rings (SSSR count). The van der Waals surface area contributed by atoms with Gasteiger partial charge in [-0.3, -0.25) is 4.79 Å². The monoisotopic (exact) mass is 291 g/mol. The highest BCUT2D eigenvalue weighted by molar-refractivity contribution is 5.79. The molecule has 1 saturated heterocycles. The SMILES string of the molecule is Cc1ccc(CCC(=O)N2CCOC(C(=O)O)C2)c(C)c1. The van der Waals surface area contributed by atoms with Crippen LogP contribution < -0.4 is 0 Å². The van der Waals surface area contributed by atoms with Crippen molar-refractivity contribution in [1.82, 2.24) is 4.90 Å². The lowest BCUT2D eigenvalue weighted by Gasteiger charge is -2.31. The van der Waals surface area contributed by atoms with Gasteiger partial charge in [-0.1, -0.05) is 23.8 Å². The average Bonchev–Trinajstić information content (AvgIpc) is 2.46. The number of nitrogens with zero attached hydrogens (tertiary/aromatic N) is 1. The number of aliphatic carboxylic acids is 1. The van der Waals surface area contributed by atoms with Crippen LogP contribution in [-0.4, -0.2) is 47.7 Å². The van der Waals surface area contributed by atoms with Gasteiger partial charge in [0.2, 0.25) is 5.91 Å². The van der Waals surface area contributed by atoms with Gasteiger partial charge >= 0.3 is 5.97 Å². The van der Waals surface area contributed by atoms with Gasteiger partial charge in [0, 0.05) is 13.0 Å². The van der Waals surface area contributed by atoms with Crippen molar-refractivity contribution in [2.45, 2.75) is 32.8 Å². The van der Waals surface area contributed by atoms with Gasteiger partial charge in [0.25, 0.3) is 0 Å². The summed E-state index contributed by atoms with van der Waals surface area (Å²) in [7, 11) is 0. The van der Waals surface area contributed by atoms with E-state index in [0.29, 0.717) is 19.4 Å². The summed E-state index contributed by atoms with van der Waals surface area (Å²) in [6.07, 6.45) is 0.180. The second kappa shape index (κ2) is 6.72. The summed E-state index contributed by atoms with van der Waals surface area (Å²) in [6.45, 7) is 4.98. The molecule has 1 aromatic rings. The molecular weight excluding hydrogens is 270 g/mol. The van der Waals surface area contributed by atoms with E-state index in [1.54, 1.807) is 4.90 Å². The smallest absolute Gasteiger partial charge is 0.334 e. The van der Waals surface area contributed by atoms with Crippen LogP contribution in [0.2, 0.25) is 0 Å². The average molecular weight is 291 g/mol. The molecule has 0 aromatic heterocycles.